The number of fused-ring (bicyclic) bond motifs is 2. The molecule has 11 heteroatoms. The molecule has 3 aromatic heterocycles. The molecule has 0 saturated carbocycles. The van der Waals surface area contributed by atoms with Crippen LogP contribution in [0.1, 0.15) is 5.82 Å². The highest BCUT2D eigenvalue weighted by atomic mass is 35.5. The van der Waals surface area contributed by atoms with E-state index in [0.29, 0.717) is 39.0 Å². The third kappa shape index (κ3) is 3.53. The number of H-pyrrole nitrogens is 1. The number of hydrogen-bond acceptors (Lipinski definition) is 7. The summed E-state index contributed by atoms with van der Waals surface area (Å²) >= 11 is 6.26. The Balaban J connectivity index is 1.59. The summed E-state index contributed by atoms with van der Waals surface area (Å²) in [4.78, 5) is 33.2. The van der Waals surface area contributed by atoms with Crippen LogP contribution in [0.15, 0.2) is 59.9 Å². The van der Waals surface area contributed by atoms with Gasteiger partial charge in [0.25, 0.3) is 5.56 Å². The molecule has 0 spiro atoms. The molecule has 5 rings (SSSR count). The summed E-state index contributed by atoms with van der Waals surface area (Å²) in [6.45, 7) is 0.150. The Kier molecular flexibility index (Phi) is 4.68. The molecule has 0 aliphatic carbocycles. The van der Waals surface area contributed by atoms with Crippen LogP contribution in [0.2, 0.25) is 5.02 Å². The first kappa shape index (κ1) is 18.9. The molecule has 0 bridgehead atoms. The fourth-order valence-electron chi connectivity index (χ4n) is 3.18. The summed E-state index contributed by atoms with van der Waals surface area (Å²) in [5, 5.41) is 3.72. The van der Waals surface area contributed by atoms with Crippen molar-refractivity contribution in [2.24, 2.45) is 0 Å². The normalized spacial score (nSPS) is 11.2. The van der Waals surface area contributed by atoms with Gasteiger partial charge in [0, 0.05) is 0 Å². The van der Waals surface area contributed by atoms with Gasteiger partial charge in [-0.1, -0.05) is 17.7 Å². The smallest absolute Gasteiger partial charge is 0.281 e. The zero-order valence-corrected chi connectivity index (χ0v) is 16.6. The van der Waals surface area contributed by atoms with Crippen molar-refractivity contribution in [3.63, 3.8) is 0 Å². The van der Waals surface area contributed by atoms with Crippen LogP contribution < -0.4 is 16.3 Å². The van der Waals surface area contributed by atoms with Crippen LogP contribution in [0.25, 0.3) is 22.1 Å². The first-order valence-electron chi connectivity index (χ1n) is 9.21. The van der Waals surface area contributed by atoms with E-state index < -0.39 is 0 Å². The highest BCUT2D eigenvalue weighted by Crippen LogP contribution is 2.20. The molecule has 0 saturated heterocycles. The predicted molar refractivity (Wildman–Crippen MR) is 115 cm³/mol. The van der Waals surface area contributed by atoms with Gasteiger partial charge < -0.3 is 10.3 Å². The third-order valence-corrected chi connectivity index (χ3v) is 4.95. The van der Waals surface area contributed by atoms with Crippen LogP contribution in [-0.2, 0) is 6.54 Å². The lowest BCUT2D eigenvalue weighted by atomic mass is 10.2. The maximum atomic E-state index is 13.3. The molecule has 0 unspecified atom stereocenters. The fraction of sp³-hybridized carbons (Fsp3) is 0.0500. The van der Waals surface area contributed by atoms with E-state index in [2.05, 4.69) is 35.7 Å². The monoisotopic (exact) mass is 436 g/mol. The van der Waals surface area contributed by atoms with Crippen molar-refractivity contribution in [1.29, 1.82) is 0 Å². The minimum absolute atomic E-state index is 0.150. The van der Waals surface area contributed by atoms with Gasteiger partial charge in [-0.2, -0.15) is 0 Å². The summed E-state index contributed by atoms with van der Waals surface area (Å²) < 4.78 is 14.6. The molecule has 0 atom stereocenters. The lowest BCUT2D eigenvalue weighted by Gasteiger charge is -2.16. The summed E-state index contributed by atoms with van der Waals surface area (Å²) in [6.07, 6.45) is 2.91. The molecular weight excluding hydrogens is 423 g/mol. The second-order valence-electron chi connectivity index (χ2n) is 6.60. The van der Waals surface area contributed by atoms with Gasteiger partial charge in [0.05, 0.1) is 34.5 Å². The first-order chi connectivity index (χ1) is 15.1. The van der Waals surface area contributed by atoms with Gasteiger partial charge in [-0.15, -0.1) is 0 Å². The Labute approximate surface area is 178 Å². The molecule has 0 fully saturated rings. The van der Waals surface area contributed by atoms with E-state index in [1.54, 1.807) is 18.2 Å². The molecule has 0 aliphatic heterocycles. The van der Waals surface area contributed by atoms with Gasteiger partial charge in [0.2, 0.25) is 0 Å². The van der Waals surface area contributed by atoms with Gasteiger partial charge in [0.15, 0.2) is 17.3 Å². The predicted octanol–water partition coefficient (Wildman–Crippen LogP) is 3.34. The van der Waals surface area contributed by atoms with Crippen molar-refractivity contribution in [3.8, 4) is 0 Å². The summed E-state index contributed by atoms with van der Waals surface area (Å²) in [7, 11) is 0. The van der Waals surface area contributed by atoms with Gasteiger partial charge >= 0.3 is 0 Å². The number of nitrogens with zero attached hydrogens (tertiary/aromatic N) is 5. The molecule has 0 aliphatic rings. The van der Waals surface area contributed by atoms with E-state index in [4.69, 9.17) is 11.6 Å². The van der Waals surface area contributed by atoms with Crippen molar-refractivity contribution < 1.29 is 4.39 Å². The number of anilines is 2. The minimum atomic E-state index is -0.383. The molecule has 3 heterocycles. The minimum Gasteiger partial charge on any atom is -0.361 e. The van der Waals surface area contributed by atoms with Gasteiger partial charge in [0.1, 0.15) is 17.7 Å². The molecule has 5 aromatic rings. The van der Waals surface area contributed by atoms with E-state index in [1.807, 2.05) is 0 Å². The Morgan fingerprint density at radius 2 is 1.94 bits per heavy atom. The van der Waals surface area contributed by atoms with Crippen LogP contribution in [0.4, 0.5) is 15.9 Å². The molecule has 9 nitrogen and oxygen atoms in total. The molecule has 3 N–H and O–H groups in total. The zero-order valence-electron chi connectivity index (χ0n) is 15.8. The van der Waals surface area contributed by atoms with Crippen LogP contribution in [0, 0.1) is 5.82 Å². The molecular formula is C20H14ClFN8O. The second-order valence-corrected chi connectivity index (χ2v) is 7.01. The van der Waals surface area contributed by atoms with Crippen LogP contribution in [0.5, 0.6) is 0 Å². The number of hydrogen-bond donors (Lipinski definition) is 3. The van der Waals surface area contributed by atoms with Gasteiger partial charge in [-0.3, -0.25) is 10.2 Å². The van der Waals surface area contributed by atoms with Crippen molar-refractivity contribution in [2.75, 3.05) is 10.7 Å². The lowest BCUT2D eigenvalue weighted by Crippen LogP contribution is -2.32. The number of rotatable bonds is 5. The lowest BCUT2D eigenvalue weighted by molar-refractivity contribution is 0.628. The molecule has 0 amide bonds. The second kappa shape index (κ2) is 7.65. The van der Waals surface area contributed by atoms with E-state index in [0.717, 1.165) is 0 Å². The topological polar surface area (TPSA) is 113 Å². The number of nitrogens with one attached hydrogen (secondary N) is 3. The highest BCUT2D eigenvalue weighted by Gasteiger charge is 2.15. The summed E-state index contributed by atoms with van der Waals surface area (Å²) in [5.74, 6) is 0.499. The number of aromatic amines is 1. The van der Waals surface area contributed by atoms with Crippen molar-refractivity contribution in [1.82, 2.24) is 29.6 Å². The van der Waals surface area contributed by atoms with E-state index in [9.17, 15) is 9.18 Å². The maximum absolute atomic E-state index is 13.3. The number of aromatic nitrogens is 6. The third-order valence-electron chi connectivity index (χ3n) is 4.64. The average molecular weight is 437 g/mol. The Morgan fingerprint density at radius 1 is 1.10 bits per heavy atom. The Morgan fingerprint density at radius 3 is 2.77 bits per heavy atom. The number of imidazole rings is 1. The van der Waals surface area contributed by atoms with E-state index in [-0.39, 0.29) is 23.3 Å². The first-order valence-corrected chi connectivity index (χ1v) is 9.58. The highest BCUT2D eigenvalue weighted by molar-refractivity contribution is 6.35. The maximum Gasteiger partial charge on any atom is 0.281 e. The SMILES string of the molecule is O=c1c2c(Cl)cccc2nc(CNc2ncnc3nc[nH]c23)n1Nc1ccc(F)cc1. The Bertz CT molecular complexity index is 1460. The summed E-state index contributed by atoms with van der Waals surface area (Å²) in [6, 6.07) is 10.7. The van der Waals surface area contributed by atoms with Crippen molar-refractivity contribution in [3.05, 3.63) is 82.1 Å². The molecule has 2 aromatic carbocycles. The average Bonchev–Trinajstić information content (AvgIpc) is 3.25. The van der Waals surface area contributed by atoms with Gasteiger partial charge in [-0.25, -0.2) is 29.0 Å². The quantitative estimate of drug-likeness (QED) is 0.387. The largest absolute Gasteiger partial charge is 0.361 e. The molecule has 0 radical (unpaired) electrons. The number of benzene rings is 2. The van der Waals surface area contributed by atoms with Crippen LogP contribution in [0.3, 0.4) is 0 Å². The Hall–Kier alpha value is -4.05. The molecule has 154 valence electrons. The molecule has 31 heavy (non-hydrogen) atoms. The van der Waals surface area contributed by atoms with Crippen molar-refractivity contribution >= 4 is 45.2 Å². The standard InChI is InChI=1S/C20H14ClFN8O/c21-13-2-1-3-14-16(13)20(31)30(29-12-6-4-11(22)5-7-12)15(28-14)8-23-18-17-19(25-9-24-17)27-10-26-18/h1-7,9-10,29H,8H2,(H2,23,24,25,26,27). The van der Waals surface area contributed by atoms with Crippen molar-refractivity contribution in [2.45, 2.75) is 6.54 Å². The fourth-order valence-corrected chi connectivity index (χ4v) is 3.44. The van der Waals surface area contributed by atoms with E-state index >= 15 is 0 Å². The summed E-state index contributed by atoms with van der Waals surface area (Å²) in [5.41, 5.74) is 4.71. The van der Waals surface area contributed by atoms with Crippen LogP contribution in [-0.4, -0.2) is 29.6 Å². The zero-order chi connectivity index (χ0) is 21.4. The van der Waals surface area contributed by atoms with Crippen LogP contribution >= 0.6 is 11.6 Å². The van der Waals surface area contributed by atoms with Gasteiger partial charge in [-0.05, 0) is 36.4 Å². The van der Waals surface area contributed by atoms with E-state index in [1.165, 1.54) is 41.6 Å². The number of halogens is 2.